The molecular formula is C36H41N7O3. The van der Waals surface area contributed by atoms with Gasteiger partial charge in [-0.1, -0.05) is 84.9 Å². The number of nitrogens with two attached hydrogens (primary N) is 1. The Bertz CT molecular complexity index is 1640. The summed E-state index contributed by atoms with van der Waals surface area (Å²) in [6, 6.07) is 31.5. The first kappa shape index (κ1) is 32.2. The molecule has 7 N–H and O–H groups in total. The number of amides is 3. The van der Waals surface area contributed by atoms with Crippen LogP contribution < -0.4 is 27.0 Å². The van der Waals surface area contributed by atoms with Crippen molar-refractivity contribution in [2.75, 3.05) is 31.5 Å². The van der Waals surface area contributed by atoms with Gasteiger partial charge >= 0.3 is 0 Å². The molecule has 1 heterocycles. The van der Waals surface area contributed by atoms with E-state index in [1.54, 1.807) is 4.90 Å². The van der Waals surface area contributed by atoms with Gasteiger partial charge in [-0.15, -0.1) is 0 Å². The molecule has 1 aliphatic rings. The molecule has 0 spiro atoms. The quantitative estimate of drug-likeness (QED) is 0.0806. The van der Waals surface area contributed by atoms with Crippen LogP contribution >= 0.6 is 0 Å². The van der Waals surface area contributed by atoms with Crippen LogP contribution in [0.1, 0.15) is 41.1 Å². The summed E-state index contributed by atoms with van der Waals surface area (Å²) in [4.78, 5) is 42.8. The van der Waals surface area contributed by atoms with Crippen LogP contribution in [0.5, 0.6) is 0 Å². The van der Waals surface area contributed by atoms with E-state index in [9.17, 15) is 14.4 Å². The van der Waals surface area contributed by atoms with Crippen molar-refractivity contribution in [2.45, 2.75) is 37.3 Å². The highest BCUT2D eigenvalue weighted by molar-refractivity contribution is 6.07. The van der Waals surface area contributed by atoms with Crippen molar-refractivity contribution in [1.82, 2.24) is 20.9 Å². The van der Waals surface area contributed by atoms with Crippen LogP contribution in [0, 0.1) is 5.41 Å². The Morgan fingerprint density at radius 3 is 2.37 bits per heavy atom. The van der Waals surface area contributed by atoms with Crippen LogP contribution in [0.25, 0.3) is 10.8 Å². The number of rotatable bonds is 12. The van der Waals surface area contributed by atoms with Gasteiger partial charge in [0.2, 0.25) is 11.8 Å². The molecule has 10 heteroatoms. The minimum atomic E-state index is -0.590. The Morgan fingerprint density at radius 1 is 0.913 bits per heavy atom. The molecule has 4 aromatic carbocycles. The second kappa shape index (κ2) is 15.7. The van der Waals surface area contributed by atoms with E-state index in [4.69, 9.17) is 11.1 Å². The summed E-state index contributed by atoms with van der Waals surface area (Å²) in [5.41, 5.74) is 7.57. The minimum absolute atomic E-state index is 0.0980. The molecule has 0 bridgehead atoms. The van der Waals surface area contributed by atoms with Crippen molar-refractivity contribution in [2.24, 2.45) is 5.73 Å². The summed E-state index contributed by atoms with van der Waals surface area (Å²) in [5.74, 6) is -1.17. The minimum Gasteiger partial charge on any atom is -0.370 e. The lowest BCUT2D eigenvalue weighted by Gasteiger charge is -2.28. The first-order valence-corrected chi connectivity index (χ1v) is 15.7. The molecule has 238 valence electrons. The van der Waals surface area contributed by atoms with Gasteiger partial charge < -0.3 is 31.9 Å². The molecule has 0 saturated carbocycles. The monoisotopic (exact) mass is 619 g/mol. The average molecular weight is 620 g/mol. The second-order valence-corrected chi connectivity index (χ2v) is 11.5. The molecule has 3 atom stereocenters. The van der Waals surface area contributed by atoms with Gasteiger partial charge in [0.25, 0.3) is 5.91 Å². The predicted molar refractivity (Wildman–Crippen MR) is 182 cm³/mol. The molecule has 1 saturated heterocycles. The first-order chi connectivity index (χ1) is 22.4. The van der Waals surface area contributed by atoms with Gasteiger partial charge in [0.1, 0.15) is 0 Å². The number of anilines is 1. The first-order valence-electron chi connectivity index (χ1n) is 15.7. The standard InChI is InChI=1S/C36H41N7O3/c37-36(38)39-21-10-19-32-35(46)43(24-31(26-11-3-1-4-12-26)34(45)42-27-15-5-2-6-16-27)22-20-28(41-32)23-40-33(44)30-18-9-14-25-13-7-8-17-29(25)30/h1-9,11-18,28,31-32,41H,10,19-24H2,(H,40,44)(H,42,45)(H4,37,38,39)/t28-,31?,32-/m0/s1. The van der Waals surface area contributed by atoms with Crippen molar-refractivity contribution in [3.05, 3.63) is 114 Å². The van der Waals surface area contributed by atoms with Crippen molar-refractivity contribution >= 4 is 40.1 Å². The molecule has 0 aromatic heterocycles. The van der Waals surface area contributed by atoms with Crippen LogP contribution in [-0.4, -0.2) is 66.8 Å². The van der Waals surface area contributed by atoms with E-state index in [0.717, 1.165) is 16.3 Å². The van der Waals surface area contributed by atoms with Crippen LogP contribution in [0.15, 0.2) is 103 Å². The number of nitrogens with zero attached hydrogens (tertiary/aromatic N) is 1. The summed E-state index contributed by atoms with van der Waals surface area (Å²) >= 11 is 0. The van der Waals surface area contributed by atoms with Crippen molar-refractivity contribution in [3.63, 3.8) is 0 Å². The maximum Gasteiger partial charge on any atom is 0.251 e. The third-order valence-electron chi connectivity index (χ3n) is 8.29. The fraction of sp³-hybridized carbons (Fsp3) is 0.278. The number of carbonyl (C=O) groups is 3. The molecular weight excluding hydrogens is 578 g/mol. The fourth-order valence-electron chi connectivity index (χ4n) is 5.89. The lowest BCUT2D eigenvalue weighted by Crippen LogP contribution is -2.49. The normalized spacial score (nSPS) is 17.1. The van der Waals surface area contributed by atoms with Crippen molar-refractivity contribution < 1.29 is 14.4 Å². The van der Waals surface area contributed by atoms with Gasteiger partial charge in [0, 0.05) is 43.5 Å². The van der Waals surface area contributed by atoms with E-state index in [1.807, 2.05) is 103 Å². The van der Waals surface area contributed by atoms with Gasteiger partial charge in [-0.2, -0.15) is 0 Å². The summed E-state index contributed by atoms with van der Waals surface area (Å²) in [5, 5.41) is 21.7. The Kier molecular flexibility index (Phi) is 11.0. The summed E-state index contributed by atoms with van der Waals surface area (Å²) < 4.78 is 0. The van der Waals surface area contributed by atoms with E-state index in [-0.39, 0.29) is 36.3 Å². The van der Waals surface area contributed by atoms with Gasteiger partial charge in [-0.05, 0) is 53.8 Å². The number of benzene rings is 4. The molecule has 5 rings (SSSR count). The van der Waals surface area contributed by atoms with E-state index >= 15 is 0 Å². The summed E-state index contributed by atoms with van der Waals surface area (Å²) in [6.07, 6.45) is 1.68. The van der Waals surface area contributed by atoms with Crippen molar-refractivity contribution in [3.8, 4) is 0 Å². The third-order valence-corrected chi connectivity index (χ3v) is 8.29. The molecule has 0 radical (unpaired) electrons. The number of hydrogen-bond donors (Lipinski definition) is 6. The predicted octanol–water partition coefficient (Wildman–Crippen LogP) is 3.81. The molecule has 1 unspecified atom stereocenters. The maximum atomic E-state index is 14.0. The highest BCUT2D eigenvalue weighted by Gasteiger charge is 2.34. The molecule has 46 heavy (non-hydrogen) atoms. The maximum absolute atomic E-state index is 14.0. The lowest BCUT2D eigenvalue weighted by atomic mass is 9.96. The van der Waals surface area contributed by atoms with E-state index in [0.29, 0.717) is 50.1 Å². The van der Waals surface area contributed by atoms with E-state index in [2.05, 4.69) is 21.3 Å². The average Bonchev–Trinajstić information content (AvgIpc) is 3.22. The Hall–Kier alpha value is -5.22. The Labute approximate surface area is 269 Å². The van der Waals surface area contributed by atoms with E-state index < -0.39 is 12.0 Å². The highest BCUT2D eigenvalue weighted by atomic mass is 16.2. The van der Waals surface area contributed by atoms with Gasteiger partial charge in [0.05, 0.1) is 12.0 Å². The number of fused-ring (bicyclic) bond motifs is 1. The van der Waals surface area contributed by atoms with Gasteiger partial charge in [-0.25, -0.2) is 0 Å². The van der Waals surface area contributed by atoms with Gasteiger partial charge in [-0.3, -0.25) is 19.8 Å². The van der Waals surface area contributed by atoms with Crippen LogP contribution in [0.2, 0.25) is 0 Å². The number of para-hydroxylation sites is 1. The Morgan fingerprint density at radius 2 is 1.61 bits per heavy atom. The summed E-state index contributed by atoms with van der Waals surface area (Å²) in [6.45, 7) is 1.42. The number of nitrogens with one attached hydrogen (secondary N) is 5. The lowest BCUT2D eigenvalue weighted by molar-refractivity contribution is -0.133. The molecule has 3 amide bonds. The summed E-state index contributed by atoms with van der Waals surface area (Å²) in [7, 11) is 0. The molecule has 1 fully saturated rings. The number of guanidine groups is 1. The molecule has 1 aliphatic heterocycles. The topological polar surface area (TPSA) is 152 Å². The smallest absolute Gasteiger partial charge is 0.251 e. The van der Waals surface area contributed by atoms with Crippen molar-refractivity contribution in [1.29, 1.82) is 5.41 Å². The van der Waals surface area contributed by atoms with Gasteiger partial charge in [0.15, 0.2) is 5.96 Å². The number of hydrogen-bond acceptors (Lipinski definition) is 5. The SMILES string of the molecule is N=C(N)NCCC[C@@H]1N[C@H](CNC(=O)c2cccc3ccccc23)CCN(CC(C(=O)Nc2ccccc2)c2ccccc2)C1=O. The molecule has 4 aromatic rings. The zero-order valence-corrected chi connectivity index (χ0v) is 25.7. The fourth-order valence-corrected chi connectivity index (χ4v) is 5.89. The number of carbonyl (C=O) groups excluding carboxylic acids is 3. The third kappa shape index (κ3) is 8.48. The van der Waals surface area contributed by atoms with Crippen LogP contribution in [0.3, 0.4) is 0 Å². The molecule has 10 nitrogen and oxygen atoms in total. The molecule has 0 aliphatic carbocycles. The van der Waals surface area contributed by atoms with Crippen LogP contribution in [0.4, 0.5) is 5.69 Å². The second-order valence-electron chi connectivity index (χ2n) is 11.5. The highest BCUT2D eigenvalue weighted by Crippen LogP contribution is 2.23. The largest absolute Gasteiger partial charge is 0.370 e. The zero-order chi connectivity index (χ0) is 32.3. The zero-order valence-electron chi connectivity index (χ0n) is 25.7. The Balaban J connectivity index is 1.32. The van der Waals surface area contributed by atoms with Crippen LogP contribution in [-0.2, 0) is 9.59 Å². The van der Waals surface area contributed by atoms with E-state index in [1.165, 1.54) is 0 Å².